The summed E-state index contributed by atoms with van der Waals surface area (Å²) >= 11 is 0. The summed E-state index contributed by atoms with van der Waals surface area (Å²) in [6, 6.07) is 4.81. The van der Waals surface area contributed by atoms with E-state index in [2.05, 4.69) is 17.3 Å². The van der Waals surface area contributed by atoms with Crippen molar-refractivity contribution in [1.29, 1.82) is 0 Å². The lowest BCUT2D eigenvalue weighted by Crippen LogP contribution is -2.24. The van der Waals surface area contributed by atoms with Crippen LogP contribution in [-0.2, 0) is 30.5 Å². The largest absolute Gasteiger partial charge is 0.398 e. The van der Waals surface area contributed by atoms with E-state index in [1.807, 2.05) is 0 Å². The maximum atomic E-state index is 5.95. The summed E-state index contributed by atoms with van der Waals surface area (Å²) in [4.78, 5) is 4.78. The fourth-order valence-corrected chi connectivity index (χ4v) is 3.26. The van der Waals surface area contributed by atoms with Gasteiger partial charge < -0.3 is 10.6 Å². The van der Waals surface area contributed by atoms with Gasteiger partial charge in [0, 0.05) is 5.92 Å². The number of benzene rings is 1. The zero-order valence-electron chi connectivity index (χ0n) is 11.3. The normalized spacial score (nSPS) is 18.5. The van der Waals surface area contributed by atoms with Crippen molar-refractivity contribution in [2.45, 2.75) is 38.5 Å². The van der Waals surface area contributed by atoms with Gasteiger partial charge >= 0.3 is 0 Å². The molecule has 0 aliphatic heterocycles. The Bertz CT molecular complexity index is 464. The monoisotopic (exact) mass is 280 g/mol. The summed E-state index contributed by atoms with van der Waals surface area (Å²) in [6.07, 6.45) is 7.19. The highest BCUT2D eigenvalue weighted by molar-refractivity contribution is 5.85. The fraction of sp³-hybridized carbons (Fsp3) is 0.533. The van der Waals surface area contributed by atoms with Gasteiger partial charge in [0.15, 0.2) is 0 Å². The molecule has 0 heterocycles. The van der Waals surface area contributed by atoms with E-state index in [9.17, 15) is 0 Å². The average Bonchev–Trinajstić information content (AvgIpc) is 2.79. The molecule has 2 aliphatic carbocycles. The molecule has 2 aliphatic rings. The van der Waals surface area contributed by atoms with Crippen LogP contribution in [0.15, 0.2) is 17.3 Å². The third-order valence-corrected chi connectivity index (χ3v) is 4.21. The minimum absolute atomic E-state index is 0. The Morgan fingerprint density at radius 1 is 1.11 bits per heavy atom. The standard InChI is InChI=1S/C15H20N2O.ClH/c1-18-17-15(16)14-8-12-6-10-4-2-3-5-11(10)7-13(12)9-14;/h6-7,14H,2-5,8-9H2,1H3,(H2,16,17);1H. The lowest BCUT2D eigenvalue weighted by molar-refractivity contribution is 0.210. The van der Waals surface area contributed by atoms with Gasteiger partial charge in [0.1, 0.15) is 12.9 Å². The molecule has 0 radical (unpaired) electrons. The summed E-state index contributed by atoms with van der Waals surface area (Å²) in [6.45, 7) is 0. The molecule has 0 bridgehead atoms. The molecule has 0 fully saturated rings. The summed E-state index contributed by atoms with van der Waals surface area (Å²) in [5.41, 5.74) is 12.0. The molecule has 0 atom stereocenters. The van der Waals surface area contributed by atoms with Gasteiger partial charge in [0.2, 0.25) is 0 Å². The molecule has 0 unspecified atom stereocenters. The molecule has 19 heavy (non-hydrogen) atoms. The van der Waals surface area contributed by atoms with Crippen LogP contribution in [0.3, 0.4) is 0 Å². The van der Waals surface area contributed by atoms with Crippen LogP contribution in [0.25, 0.3) is 0 Å². The highest BCUT2D eigenvalue weighted by Crippen LogP contribution is 2.32. The van der Waals surface area contributed by atoms with E-state index in [0.717, 1.165) is 12.8 Å². The number of halogens is 1. The third-order valence-electron chi connectivity index (χ3n) is 4.21. The highest BCUT2D eigenvalue weighted by atomic mass is 35.5. The van der Waals surface area contributed by atoms with E-state index in [0.29, 0.717) is 11.8 Å². The topological polar surface area (TPSA) is 47.6 Å². The molecule has 1 aromatic carbocycles. The van der Waals surface area contributed by atoms with Gasteiger partial charge in [-0.1, -0.05) is 17.3 Å². The lowest BCUT2D eigenvalue weighted by atomic mass is 9.89. The van der Waals surface area contributed by atoms with Crippen molar-refractivity contribution in [3.05, 3.63) is 34.4 Å². The van der Waals surface area contributed by atoms with Gasteiger partial charge in [-0.3, -0.25) is 0 Å². The molecule has 0 amide bonds. The van der Waals surface area contributed by atoms with Gasteiger partial charge in [-0.2, -0.15) is 0 Å². The Kier molecular flexibility index (Phi) is 4.35. The molecular formula is C15H21ClN2O. The van der Waals surface area contributed by atoms with Crippen LogP contribution in [0.2, 0.25) is 0 Å². The summed E-state index contributed by atoms with van der Waals surface area (Å²) in [7, 11) is 1.55. The summed E-state index contributed by atoms with van der Waals surface area (Å²) in [5, 5.41) is 3.88. The van der Waals surface area contributed by atoms with Gasteiger partial charge in [0.25, 0.3) is 0 Å². The van der Waals surface area contributed by atoms with E-state index < -0.39 is 0 Å². The molecule has 4 heteroatoms. The van der Waals surface area contributed by atoms with Gasteiger partial charge in [-0.05, 0) is 60.8 Å². The highest BCUT2D eigenvalue weighted by Gasteiger charge is 2.26. The van der Waals surface area contributed by atoms with Gasteiger partial charge in [-0.25, -0.2) is 0 Å². The first kappa shape index (κ1) is 14.2. The van der Waals surface area contributed by atoms with Crippen molar-refractivity contribution >= 4 is 18.2 Å². The minimum atomic E-state index is 0. The molecule has 0 aromatic heterocycles. The predicted octanol–water partition coefficient (Wildman–Crippen LogP) is 2.62. The number of nitrogens with zero attached hydrogens (tertiary/aromatic N) is 1. The smallest absolute Gasteiger partial charge is 0.143 e. The minimum Gasteiger partial charge on any atom is -0.398 e. The summed E-state index contributed by atoms with van der Waals surface area (Å²) in [5.74, 6) is 0.954. The number of hydrogen-bond acceptors (Lipinski definition) is 2. The zero-order valence-corrected chi connectivity index (χ0v) is 12.1. The number of fused-ring (bicyclic) bond motifs is 2. The van der Waals surface area contributed by atoms with Crippen LogP contribution in [0.1, 0.15) is 35.1 Å². The molecular weight excluding hydrogens is 260 g/mol. The van der Waals surface area contributed by atoms with Crippen molar-refractivity contribution in [2.24, 2.45) is 16.8 Å². The predicted molar refractivity (Wildman–Crippen MR) is 79.9 cm³/mol. The number of rotatable bonds is 2. The second-order valence-corrected chi connectivity index (χ2v) is 5.40. The molecule has 3 rings (SSSR count). The van der Waals surface area contributed by atoms with E-state index in [1.54, 1.807) is 18.2 Å². The number of oxime groups is 1. The molecule has 1 aromatic rings. The Hall–Kier alpha value is -1.22. The van der Waals surface area contributed by atoms with Crippen LogP contribution < -0.4 is 5.73 Å². The molecule has 0 saturated carbocycles. The first-order valence-electron chi connectivity index (χ1n) is 6.78. The molecule has 3 nitrogen and oxygen atoms in total. The second-order valence-electron chi connectivity index (χ2n) is 5.40. The number of aryl methyl sites for hydroxylation is 2. The van der Waals surface area contributed by atoms with Crippen LogP contribution in [0.5, 0.6) is 0 Å². The van der Waals surface area contributed by atoms with E-state index in [-0.39, 0.29) is 12.4 Å². The van der Waals surface area contributed by atoms with Crippen LogP contribution >= 0.6 is 12.4 Å². The van der Waals surface area contributed by atoms with Crippen molar-refractivity contribution in [3.63, 3.8) is 0 Å². The molecule has 2 N–H and O–H groups in total. The van der Waals surface area contributed by atoms with Gasteiger partial charge in [0.05, 0.1) is 0 Å². The Morgan fingerprint density at radius 2 is 1.63 bits per heavy atom. The SMILES string of the molecule is CON=C(N)C1Cc2cc3c(cc2C1)CCCC3.Cl. The van der Waals surface area contributed by atoms with E-state index >= 15 is 0 Å². The molecule has 104 valence electrons. The average molecular weight is 281 g/mol. The third kappa shape index (κ3) is 2.71. The maximum absolute atomic E-state index is 5.95. The molecule has 0 spiro atoms. The zero-order chi connectivity index (χ0) is 12.5. The second kappa shape index (κ2) is 5.83. The Labute approximate surface area is 120 Å². The van der Waals surface area contributed by atoms with Crippen molar-refractivity contribution in [2.75, 3.05) is 7.11 Å². The number of amidine groups is 1. The quantitative estimate of drug-likeness (QED) is 0.514. The number of hydrogen-bond donors (Lipinski definition) is 1. The molecule has 0 saturated heterocycles. The van der Waals surface area contributed by atoms with Crippen LogP contribution in [0.4, 0.5) is 0 Å². The maximum Gasteiger partial charge on any atom is 0.143 e. The van der Waals surface area contributed by atoms with E-state index in [1.165, 1.54) is 36.8 Å². The summed E-state index contributed by atoms with van der Waals surface area (Å²) < 4.78 is 0. The lowest BCUT2D eigenvalue weighted by Gasteiger charge is -2.17. The van der Waals surface area contributed by atoms with Gasteiger partial charge in [-0.15, -0.1) is 12.4 Å². The Morgan fingerprint density at radius 3 is 2.11 bits per heavy atom. The Balaban J connectivity index is 0.00000133. The first-order valence-corrected chi connectivity index (χ1v) is 6.78. The van der Waals surface area contributed by atoms with Crippen LogP contribution in [0, 0.1) is 5.92 Å². The van der Waals surface area contributed by atoms with Crippen molar-refractivity contribution in [1.82, 2.24) is 0 Å². The van der Waals surface area contributed by atoms with Crippen LogP contribution in [-0.4, -0.2) is 12.9 Å². The van der Waals surface area contributed by atoms with E-state index in [4.69, 9.17) is 10.6 Å². The fourth-order valence-electron chi connectivity index (χ4n) is 3.26. The number of nitrogens with two attached hydrogens (primary N) is 1. The van der Waals surface area contributed by atoms with Crippen molar-refractivity contribution in [3.8, 4) is 0 Å². The van der Waals surface area contributed by atoms with Crippen molar-refractivity contribution < 1.29 is 4.84 Å². The first-order chi connectivity index (χ1) is 8.78.